The fourth-order valence-corrected chi connectivity index (χ4v) is 1.73. The summed E-state index contributed by atoms with van der Waals surface area (Å²) in [7, 11) is 0. The monoisotopic (exact) mass is 319 g/mol. The van der Waals surface area contributed by atoms with Gasteiger partial charge in [-0.05, 0) is 41.1 Å². The number of nitrogens with one attached hydrogen (secondary N) is 1. The van der Waals surface area contributed by atoms with Crippen molar-refractivity contribution in [1.82, 2.24) is 5.32 Å². The van der Waals surface area contributed by atoms with Crippen molar-refractivity contribution in [3.63, 3.8) is 0 Å². The zero-order chi connectivity index (χ0) is 11.3. The number of hydrogen-bond acceptors (Lipinski definition) is 2. The van der Waals surface area contributed by atoms with Gasteiger partial charge in [0.25, 0.3) is 5.91 Å². The number of amides is 1. The van der Waals surface area contributed by atoms with Crippen molar-refractivity contribution in [3.8, 4) is 0 Å². The van der Waals surface area contributed by atoms with E-state index in [0.29, 0.717) is 18.5 Å². The van der Waals surface area contributed by atoms with E-state index in [4.69, 9.17) is 0 Å². The minimum atomic E-state index is -0.463. The van der Waals surface area contributed by atoms with E-state index in [1.165, 1.54) is 0 Å². The van der Waals surface area contributed by atoms with E-state index in [1.807, 2.05) is 25.1 Å². The molecule has 0 aliphatic rings. The minimum absolute atomic E-state index is 0.132. The predicted molar refractivity (Wildman–Crippen MR) is 67.8 cm³/mol. The molecule has 1 atom stereocenters. The first kappa shape index (κ1) is 12.4. The van der Waals surface area contributed by atoms with Crippen LogP contribution in [0.25, 0.3) is 0 Å². The van der Waals surface area contributed by atoms with Gasteiger partial charge in [0.1, 0.15) is 0 Å². The second kappa shape index (κ2) is 6.07. The maximum absolute atomic E-state index is 11.7. The Bertz CT molecular complexity index is 341. The first-order valence-electron chi connectivity index (χ1n) is 4.86. The van der Waals surface area contributed by atoms with Gasteiger partial charge in [-0.2, -0.15) is 0 Å². The molecule has 0 heterocycles. The first-order valence-corrected chi connectivity index (χ1v) is 5.93. The molecule has 1 amide bonds. The Kier molecular flexibility index (Phi) is 5.04. The van der Waals surface area contributed by atoms with Crippen LogP contribution in [0.3, 0.4) is 0 Å². The van der Waals surface area contributed by atoms with Gasteiger partial charge in [-0.3, -0.25) is 4.79 Å². The number of benzene rings is 1. The van der Waals surface area contributed by atoms with Crippen LogP contribution >= 0.6 is 22.6 Å². The van der Waals surface area contributed by atoms with E-state index in [1.54, 1.807) is 6.07 Å². The molecule has 2 N–H and O–H groups in total. The third kappa shape index (κ3) is 3.79. The van der Waals surface area contributed by atoms with Gasteiger partial charge in [0, 0.05) is 10.1 Å². The molecule has 0 spiro atoms. The Labute approximate surface area is 103 Å². The summed E-state index contributed by atoms with van der Waals surface area (Å²) in [5.74, 6) is -0.132. The first-order chi connectivity index (χ1) is 7.15. The van der Waals surface area contributed by atoms with Crippen molar-refractivity contribution >= 4 is 28.5 Å². The number of halogens is 1. The molecule has 0 aliphatic carbocycles. The maximum atomic E-state index is 11.7. The summed E-state index contributed by atoms with van der Waals surface area (Å²) in [5, 5.41) is 12.0. The molecule has 1 unspecified atom stereocenters. The quantitative estimate of drug-likeness (QED) is 0.832. The lowest BCUT2D eigenvalue weighted by Gasteiger charge is -2.10. The average Bonchev–Trinajstić information content (AvgIpc) is 2.26. The SMILES string of the molecule is CCC(O)CNC(=O)c1ccccc1I. The Morgan fingerprint density at radius 1 is 1.53 bits per heavy atom. The molecule has 0 saturated heterocycles. The van der Waals surface area contributed by atoms with E-state index in [2.05, 4.69) is 27.9 Å². The third-order valence-corrected chi connectivity index (χ3v) is 3.03. The van der Waals surface area contributed by atoms with Gasteiger partial charge < -0.3 is 10.4 Å². The van der Waals surface area contributed by atoms with Gasteiger partial charge in [0.2, 0.25) is 0 Å². The molecule has 0 aromatic heterocycles. The zero-order valence-corrected chi connectivity index (χ0v) is 10.7. The Morgan fingerprint density at radius 3 is 2.80 bits per heavy atom. The predicted octanol–water partition coefficient (Wildman–Crippen LogP) is 1.79. The summed E-state index contributed by atoms with van der Waals surface area (Å²) >= 11 is 2.12. The largest absolute Gasteiger partial charge is 0.391 e. The lowest BCUT2D eigenvalue weighted by molar-refractivity contribution is 0.0913. The zero-order valence-electron chi connectivity index (χ0n) is 8.53. The third-order valence-electron chi connectivity index (χ3n) is 2.09. The molecule has 82 valence electrons. The summed E-state index contributed by atoms with van der Waals surface area (Å²) < 4.78 is 0.915. The maximum Gasteiger partial charge on any atom is 0.252 e. The number of rotatable bonds is 4. The van der Waals surface area contributed by atoms with E-state index < -0.39 is 6.10 Å². The molecule has 0 saturated carbocycles. The Hall–Kier alpha value is -0.620. The lowest BCUT2D eigenvalue weighted by Crippen LogP contribution is -2.32. The van der Waals surface area contributed by atoms with E-state index in [-0.39, 0.29) is 5.91 Å². The van der Waals surface area contributed by atoms with Crippen LogP contribution in [0.1, 0.15) is 23.7 Å². The number of carbonyl (C=O) groups excluding carboxylic acids is 1. The molecule has 3 nitrogen and oxygen atoms in total. The highest BCUT2D eigenvalue weighted by Crippen LogP contribution is 2.10. The van der Waals surface area contributed by atoms with Crippen LogP contribution in [-0.4, -0.2) is 23.7 Å². The van der Waals surface area contributed by atoms with Crippen LogP contribution in [0.4, 0.5) is 0 Å². The van der Waals surface area contributed by atoms with Gasteiger partial charge in [-0.15, -0.1) is 0 Å². The van der Waals surface area contributed by atoms with Crippen LogP contribution in [0.15, 0.2) is 24.3 Å². The summed E-state index contributed by atoms with van der Waals surface area (Å²) in [6.45, 7) is 2.18. The standard InChI is InChI=1S/C11H14INO2/c1-2-8(14)7-13-11(15)9-5-3-4-6-10(9)12/h3-6,8,14H,2,7H2,1H3,(H,13,15). The fraction of sp³-hybridized carbons (Fsp3) is 0.364. The molecule has 1 aromatic rings. The van der Waals surface area contributed by atoms with Crippen LogP contribution in [-0.2, 0) is 0 Å². The average molecular weight is 319 g/mol. The molecule has 0 aliphatic heterocycles. The number of carbonyl (C=O) groups is 1. The van der Waals surface area contributed by atoms with Crippen molar-refractivity contribution in [2.24, 2.45) is 0 Å². The van der Waals surface area contributed by atoms with Crippen LogP contribution in [0.2, 0.25) is 0 Å². The van der Waals surface area contributed by atoms with Gasteiger partial charge in [-0.1, -0.05) is 19.1 Å². The summed E-state index contributed by atoms with van der Waals surface area (Å²) in [6.07, 6.45) is 0.182. The van der Waals surface area contributed by atoms with Crippen molar-refractivity contribution in [1.29, 1.82) is 0 Å². The minimum Gasteiger partial charge on any atom is -0.391 e. The Morgan fingerprint density at radius 2 is 2.20 bits per heavy atom. The molecule has 15 heavy (non-hydrogen) atoms. The van der Waals surface area contributed by atoms with Crippen LogP contribution in [0, 0.1) is 3.57 Å². The molecule has 0 fully saturated rings. The van der Waals surface area contributed by atoms with E-state index >= 15 is 0 Å². The fourth-order valence-electron chi connectivity index (χ4n) is 1.10. The summed E-state index contributed by atoms with van der Waals surface area (Å²) in [5.41, 5.74) is 0.654. The van der Waals surface area contributed by atoms with E-state index in [0.717, 1.165) is 3.57 Å². The molecule has 1 aromatic carbocycles. The second-order valence-corrected chi connectivity index (χ2v) is 4.41. The Balaban J connectivity index is 2.58. The van der Waals surface area contributed by atoms with Crippen LogP contribution < -0.4 is 5.32 Å². The van der Waals surface area contributed by atoms with Crippen molar-refractivity contribution < 1.29 is 9.90 Å². The lowest BCUT2D eigenvalue weighted by atomic mass is 10.2. The van der Waals surface area contributed by atoms with Gasteiger partial charge >= 0.3 is 0 Å². The summed E-state index contributed by atoms with van der Waals surface area (Å²) in [4.78, 5) is 11.7. The van der Waals surface area contributed by atoms with Crippen molar-refractivity contribution in [3.05, 3.63) is 33.4 Å². The van der Waals surface area contributed by atoms with E-state index in [9.17, 15) is 9.90 Å². The van der Waals surface area contributed by atoms with Gasteiger partial charge in [0.15, 0.2) is 0 Å². The van der Waals surface area contributed by atoms with Gasteiger partial charge in [0.05, 0.1) is 11.7 Å². The summed E-state index contributed by atoms with van der Waals surface area (Å²) in [6, 6.07) is 7.37. The highest BCUT2D eigenvalue weighted by Gasteiger charge is 2.09. The normalized spacial score (nSPS) is 12.2. The van der Waals surface area contributed by atoms with Crippen molar-refractivity contribution in [2.75, 3.05) is 6.54 Å². The highest BCUT2D eigenvalue weighted by molar-refractivity contribution is 14.1. The second-order valence-electron chi connectivity index (χ2n) is 3.25. The molecular formula is C11H14INO2. The molecule has 4 heteroatoms. The molecular weight excluding hydrogens is 305 g/mol. The van der Waals surface area contributed by atoms with Crippen molar-refractivity contribution in [2.45, 2.75) is 19.4 Å². The van der Waals surface area contributed by atoms with Crippen LogP contribution in [0.5, 0.6) is 0 Å². The molecule has 1 rings (SSSR count). The number of aliphatic hydroxyl groups is 1. The van der Waals surface area contributed by atoms with Gasteiger partial charge in [-0.25, -0.2) is 0 Å². The smallest absolute Gasteiger partial charge is 0.252 e. The molecule has 0 radical (unpaired) electrons. The highest BCUT2D eigenvalue weighted by atomic mass is 127. The molecule has 0 bridgehead atoms. The number of aliphatic hydroxyl groups excluding tert-OH is 1. The number of hydrogen-bond donors (Lipinski definition) is 2. The topological polar surface area (TPSA) is 49.3 Å².